The predicted molar refractivity (Wildman–Crippen MR) is 66.1 cm³/mol. The van der Waals surface area contributed by atoms with E-state index >= 15 is 0 Å². The molecule has 0 heterocycles. The van der Waals surface area contributed by atoms with Crippen LogP contribution in [0.3, 0.4) is 0 Å². The lowest BCUT2D eigenvalue weighted by Gasteiger charge is -2.31. The molecular weight excluding hydrogens is 241 g/mol. The molecule has 0 saturated heterocycles. The summed E-state index contributed by atoms with van der Waals surface area (Å²) in [7, 11) is 1.86. The third-order valence-electron chi connectivity index (χ3n) is 3.13. The molecule has 2 N–H and O–H groups in total. The minimum absolute atomic E-state index is 0.202. The summed E-state index contributed by atoms with van der Waals surface area (Å²) < 4.78 is 38.0. The van der Waals surface area contributed by atoms with Crippen molar-refractivity contribution in [2.45, 2.75) is 32.1 Å². The highest BCUT2D eigenvalue weighted by Crippen LogP contribution is 2.31. The van der Waals surface area contributed by atoms with Crippen molar-refractivity contribution >= 4 is 0 Å². The van der Waals surface area contributed by atoms with E-state index in [1.807, 2.05) is 25.8 Å². The summed E-state index contributed by atoms with van der Waals surface area (Å²) in [6, 6.07) is 5.38. The number of benzene rings is 1. The van der Waals surface area contributed by atoms with Crippen molar-refractivity contribution in [2.75, 3.05) is 13.6 Å². The first-order valence-corrected chi connectivity index (χ1v) is 5.86. The van der Waals surface area contributed by atoms with E-state index < -0.39 is 11.7 Å². The first-order valence-electron chi connectivity index (χ1n) is 5.86. The molecule has 1 aromatic carbocycles. The Hall–Kier alpha value is -1.07. The largest absolute Gasteiger partial charge is 0.416 e. The highest BCUT2D eigenvalue weighted by Gasteiger charge is 2.31. The van der Waals surface area contributed by atoms with Crippen molar-refractivity contribution in [3.8, 4) is 0 Å². The van der Waals surface area contributed by atoms with Gasteiger partial charge in [-0.05, 0) is 38.6 Å². The highest BCUT2D eigenvalue weighted by molar-refractivity contribution is 5.28. The second-order valence-corrected chi connectivity index (χ2v) is 4.63. The van der Waals surface area contributed by atoms with Crippen molar-refractivity contribution in [2.24, 2.45) is 5.73 Å². The van der Waals surface area contributed by atoms with E-state index in [0.717, 1.165) is 6.07 Å². The van der Waals surface area contributed by atoms with E-state index in [2.05, 4.69) is 0 Å². The van der Waals surface area contributed by atoms with E-state index in [0.29, 0.717) is 5.56 Å². The lowest BCUT2D eigenvalue weighted by atomic mass is 10.0. The van der Waals surface area contributed by atoms with Crippen molar-refractivity contribution < 1.29 is 13.2 Å². The number of nitrogens with two attached hydrogens (primary N) is 1. The molecule has 102 valence electrons. The Balaban J connectivity index is 3.08. The van der Waals surface area contributed by atoms with Gasteiger partial charge in [-0.1, -0.05) is 12.1 Å². The summed E-state index contributed by atoms with van der Waals surface area (Å²) in [4.78, 5) is 1.97. The Bertz CT molecular complexity index is 388. The summed E-state index contributed by atoms with van der Waals surface area (Å²) in [5.74, 6) is 0. The molecule has 0 aliphatic rings. The molecular formula is C13H19F3N2. The standard InChI is InChI=1S/C13H19F3N2/c1-9(2)18(3)12(8-17)10-5-4-6-11(7-10)13(14,15)16/h4-7,9,12H,8,17H2,1-3H3. The van der Waals surface area contributed by atoms with Gasteiger partial charge in [-0.15, -0.1) is 0 Å². The fourth-order valence-corrected chi connectivity index (χ4v) is 1.82. The summed E-state index contributed by atoms with van der Waals surface area (Å²) in [5, 5.41) is 0. The van der Waals surface area contributed by atoms with Gasteiger partial charge in [-0.25, -0.2) is 0 Å². The number of nitrogens with zero attached hydrogens (tertiary/aromatic N) is 1. The molecule has 0 bridgehead atoms. The molecule has 2 nitrogen and oxygen atoms in total. The zero-order valence-electron chi connectivity index (χ0n) is 10.8. The van der Waals surface area contributed by atoms with Crippen LogP contribution in [0.4, 0.5) is 13.2 Å². The lowest BCUT2D eigenvalue weighted by Crippen LogP contribution is -2.35. The first-order chi connectivity index (χ1) is 8.27. The van der Waals surface area contributed by atoms with Gasteiger partial charge < -0.3 is 5.73 Å². The van der Waals surface area contributed by atoms with E-state index in [9.17, 15) is 13.2 Å². The monoisotopic (exact) mass is 260 g/mol. The summed E-state index contributed by atoms with van der Waals surface area (Å²) in [6.45, 7) is 4.25. The molecule has 0 aromatic heterocycles. The van der Waals surface area contributed by atoms with Crippen LogP contribution in [0.2, 0.25) is 0 Å². The topological polar surface area (TPSA) is 29.3 Å². The van der Waals surface area contributed by atoms with Crippen LogP contribution in [-0.2, 0) is 6.18 Å². The van der Waals surface area contributed by atoms with E-state index in [1.165, 1.54) is 12.1 Å². The first kappa shape index (κ1) is 15.0. The quantitative estimate of drug-likeness (QED) is 0.901. The second kappa shape index (κ2) is 5.71. The SMILES string of the molecule is CC(C)N(C)C(CN)c1cccc(C(F)(F)F)c1. The van der Waals surface area contributed by atoms with Gasteiger partial charge in [-0.2, -0.15) is 13.2 Å². The Labute approximate surface area is 106 Å². The molecule has 1 aromatic rings. The van der Waals surface area contributed by atoms with Crippen molar-refractivity contribution in [3.05, 3.63) is 35.4 Å². The molecule has 0 aliphatic carbocycles. The van der Waals surface area contributed by atoms with Crippen LogP contribution >= 0.6 is 0 Å². The van der Waals surface area contributed by atoms with Gasteiger partial charge in [0.05, 0.1) is 5.56 Å². The van der Waals surface area contributed by atoms with E-state index in [-0.39, 0.29) is 18.6 Å². The van der Waals surface area contributed by atoms with Gasteiger partial charge in [0.2, 0.25) is 0 Å². The normalized spacial score (nSPS) is 14.3. The fraction of sp³-hybridized carbons (Fsp3) is 0.538. The van der Waals surface area contributed by atoms with Crippen LogP contribution in [0.15, 0.2) is 24.3 Å². The molecule has 0 aliphatic heterocycles. The van der Waals surface area contributed by atoms with Gasteiger partial charge >= 0.3 is 6.18 Å². The van der Waals surface area contributed by atoms with Gasteiger partial charge in [0.1, 0.15) is 0 Å². The number of hydrogen-bond donors (Lipinski definition) is 1. The molecule has 1 rings (SSSR count). The molecule has 18 heavy (non-hydrogen) atoms. The smallest absolute Gasteiger partial charge is 0.329 e. The number of halogens is 3. The van der Waals surface area contributed by atoms with Crippen molar-refractivity contribution in [1.29, 1.82) is 0 Å². The molecule has 0 radical (unpaired) electrons. The maximum atomic E-state index is 12.7. The molecule has 1 atom stereocenters. The van der Waals surface area contributed by atoms with Crippen molar-refractivity contribution in [3.63, 3.8) is 0 Å². The van der Waals surface area contributed by atoms with Crippen LogP contribution < -0.4 is 5.73 Å². The Morgan fingerprint density at radius 2 is 1.89 bits per heavy atom. The van der Waals surface area contributed by atoms with E-state index in [1.54, 1.807) is 6.07 Å². The average molecular weight is 260 g/mol. The lowest BCUT2D eigenvalue weighted by molar-refractivity contribution is -0.137. The van der Waals surface area contributed by atoms with Crippen LogP contribution in [0.1, 0.15) is 31.0 Å². The Morgan fingerprint density at radius 1 is 1.28 bits per heavy atom. The van der Waals surface area contributed by atoms with Crippen LogP contribution in [0, 0.1) is 0 Å². The minimum Gasteiger partial charge on any atom is -0.329 e. The Morgan fingerprint density at radius 3 is 2.33 bits per heavy atom. The zero-order valence-corrected chi connectivity index (χ0v) is 10.8. The van der Waals surface area contributed by atoms with Crippen LogP contribution in [0.5, 0.6) is 0 Å². The molecule has 5 heteroatoms. The zero-order chi connectivity index (χ0) is 13.9. The highest BCUT2D eigenvalue weighted by atomic mass is 19.4. The van der Waals surface area contributed by atoms with Crippen molar-refractivity contribution in [1.82, 2.24) is 4.90 Å². The van der Waals surface area contributed by atoms with Gasteiger partial charge in [0.25, 0.3) is 0 Å². The second-order valence-electron chi connectivity index (χ2n) is 4.63. The van der Waals surface area contributed by atoms with Gasteiger partial charge in [0.15, 0.2) is 0 Å². The number of hydrogen-bond acceptors (Lipinski definition) is 2. The molecule has 0 fully saturated rings. The average Bonchev–Trinajstić information content (AvgIpc) is 2.29. The third kappa shape index (κ3) is 3.46. The molecule has 0 saturated carbocycles. The third-order valence-corrected chi connectivity index (χ3v) is 3.13. The van der Waals surface area contributed by atoms with E-state index in [4.69, 9.17) is 5.73 Å². The molecule has 1 unspecified atom stereocenters. The maximum absolute atomic E-state index is 12.7. The molecule has 0 amide bonds. The fourth-order valence-electron chi connectivity index (χ4n) is 1.82. The van der Waals surface area contributed by atoms with Crippen LogP contribution in [0.25, 0.3) is 0 Å². The van der Waals surface area contributed by atoms with Gasteiger partial charge in [0, 0.05) is 18.6 Å². The predicted octanol–water partition coefficient (Wildman–Crippen LogP) is 3.05. The summed E-state index contributed by atoms with van der Waals surface area (Å²) in [6.07, 6.45) is -4.31. The molecule has 0 spiro atoms. The number of alkyl halides is 3. The van der Waals surface area contributed by atoms with Crippen LogP contribution in [-0.4, -0.2) is 24.5 Å². The summed E-state index contributed by atoms with van der Waals surface area (Å²) >= 11 is 0. The number of rotatable bonds is 4. The Kier molecular flexibility index (Phi) is 4.76. The summed E-state index contributed by atoms with van der Waals surface area (Å²) in [5.41, 5.74) is 5.65. The minimum atomic E-state index is -4.31. The maximum Gasteiger partial charge on any atom is 0.416 e. The van der Waals surface area contributed by atoms with Gasteiger partial charge in [-0.3, -0.25) is 4.90 Å². The number of likely N-dealkylation sites (N-methyl/N-ethyl adjacent to an activating group) is 1.